The predicted molar refractivity (Wildman–Crippen MR) is 52.9 cm³/mol. The van der Waals surface area contributed by atoms with Crippen molar-refractivity contribution >= 4 is 0 Å². The van der Waals surface area contributed by atoms with Gasteiger partial charge in [0.15, 0.2) is 5.89 Å². The number of hydrogen-bond donors (Lipinski definition) is 0. The summed E-state index contributed by atoms with van der Waals surface area (Å²) in [5.74, 6) is 0.944. The molecule has 0 spiro atoms. The third-order valence-corrected chi connectivity index (χ3v) is 1.84. The quantitative estimate of drug-likeness (QED) is 0.685. The normalized spacial score (nSPS) is 10.1. The van der Waals surface area contributed by atoms with Crippen molar-refractivity contribution in [3.63, 3.8) is 0 Å². The molecule has 0 aliphatic carbocycles. The van der Waals surface area contributed by atoms with Gasteiger partial charge >= 0.3 is 0 Å². The van der Waals surface area contributed by atoms with Crippen LogP contribution in [0.25, 0.3) is 11.3 Å². The first-order valence-corrected chi connectivity index (χ1v) is 4.30. The van der Waals surface area contributed by atoms with Crippen LogP contribution in [0.4, 0.5) is 0 Å². The average Bonchev–Trinajstić information content (AvgIpc) is 2.18. The van der Waals surface area contributed by atoms with Gasteiger partial charge in [0, 0.05) is 18.6 Å². The van der Waals surface area contributed by atoms with Crippen molar-refractivity contribution in [2.45, 2.75) is 6.92 Å². The van der Waals surface area contributed by atoms with Gasteiger partial charge < -0.3 is 4.42 Å². The summed E-state index contributed by atoms with van der Waals surface area (Å²) in [6, 6.07) is 10.9. The zero-order chi connectivity index (χ0) is 9.97. The molecular formula is C11H9NO2. The molecule has 0 fully saturated rings. The molecule has 3 heteroatoms. The van der Waals surface area contributed by atoms with Gasteiger partial charge in [0.25, 0.3) is 5.56 Å². The Morgan fingerprint density at radius 2 is 1.93 bits per heavy atom. The van der Waals surface area contributed by atoms with E-state index in [-0.39, 0.29) is 5.56 Å². The van der Waals surface area contributed by atoms with Gasteiger partial charge in [-0.05, 0) is 0 Å². The molecule has 0 aliphatic rings. The third-order valence-electron chi connectivity index (χ3n) is 1.84. The molecule has 3 nitrogen and oxygen atoms in total. The highest BCUT2D eigenvalue weighted by atomic mass is 16.3. The van der Waals surface area contributed by atoms with E-state index in [4.69, 9.17) is 4.42 Å². The van der Waals surface area contributed by atoms with Crippen LogP contribution in [0.5, 0.6) is 0 Å². The third kappa shape index (κ3) is 1.71. The van der Waals surface area contributed by atoms with Gasteiger partial charge in [0.05, 0.1) is 0 Å². The fraction of sp³-hybridized carbons (Fsp3) is 0.0909. The topological polar surface area (TPSA) is 43.1 Å². The number of nitrogens with zero attached hydrogens (tertiary/aromatic N) is 1. The maximum atomic E-state index is 11.1. The minimum absolute atomic E-state index is 0.271. The lowest BCUT2D eigenvalue weighted by atomic mass is 10.2. The Labute approximate surface area is 81.0 Å². The molecule has 1 aromatic carbocycles. The van der Waals surface area contributed by atoms with E-state index in [0.29, 0.717) is 11.7 Å². The lowest BCUT2D eigenvalue weighted by Crippen LogP contribution is -2.05. The van der Waals surface area contributed by atoms with E-state index >= 15 is 0 Å². The summed E-state index contributed by atoms with van der Waals surface area (Å²) in [5, 5.41) is 0. The molecule has 2 rings (SSSR count). The van der Waals surface area contributed by atoms with Gasteiger partial charge in [0.1, 0.15) is 5.76 Å². The number of hydrogen-bond acceptors (Lipinski definition) is 3. The second-order valence-corrected chi connectivity index (χ2v) is 2.95. The first-order chi connectivity index (χ1) is 6.75. The molecule has 0 atom stereocenters. The second kappa shape index (κ2) is 3.46. The first kappa shape index (κ1) is 8.69. The maximum absolute atomic E-state index is 11.1. The molecule has 0 radical (unpaired) electrons. The molecule has 0 bridgehead atoms. The van der Waals surface area contributed by atoms with E-state index in [2.05, 4.69) is 4.98 Å². The van der Waals surface area contributed by atoms with Gasteiger partial charge in [-0.2, -0.15) is 4.98 Å². The van der Waals surface area contributed by atoms with Crippen molar-refractivity contribution in [1.29, 1.82) is 0 Å². The van der Waals surface area contributed by atoms with Crippen molar-refractivity contribution in [1.82, 2.24) is 4.98 Å². The van der Waals surface area contributed by atoms with E-state index in [9.17, 15) is 4.79 Å². The molecule has 14 heavy (non-hydrogen) atoms. The van der Waals surface area contributed by atoms with Gasteiger partial charge in [-0.25, -0.2) is 0 Å². The predicted octanol–water partition coefficient (Wildman–Crippen LogP) is 2.01. The summed E-state index contributed by atoms with van der Waals surface area (Å²) < 4.78 is 5.33. The summed E-state index contributed by atoms with van der Waals surface area (Å²) in [5.41, 5.74) is 0.614. The summed E-state index contributed by atoms with van der Waals surface area (Å²) >= 11 is 0. The minimum Gasteiger partial charge on any atom is -0.442 e. The lowest BCUT2D eigenvalue weighted by Gasteiger charge is -1.99. The van der Waals surface area contributed by atoms with Crippen LogP contribution >= 0.6 is 0 Å². The molecule has 0 unspecified atom stereocenters. The van der Waals surface area contributed by atoms with E-state index < -0.39 is 0 Å². The van der Waals surface area contributed by atoms with E-state index in [1.165, 1.54) is 6.07 Å². The van der Waals surface area contributed by atoms with E-state index in [0.717, 1.165) is 5.56 Å². The van der Waals surface area contributed by atoms with Crippen LogP contribution in [0.15, 0.2) is 45.6 Å². The molecule has 0 saturated carbocycles. The van der Waals surface area contributed by atoms with Crippen LogP contribution in [0.1, 0.15) is 5.89 Å². The minimum atomic E-state index is -0.271. The molecule has 0 saturated heterocycles. The first-order valence-electron chi connectivity index (χ1n) is 4.30. The van der Waals surface area contributed by atoms with Crippen molar-refractivity contribution in [3.8, 4) is 11.3 Å². The Hall–Kier alpha value is -1.90. The molecule has 0 aliphatic heterocycles. The molecular weight excluding hydrogens is 178 g/mol. The number of rotatable bonds is 1. The maximum Gasteiger partial charge on any atom is 0.276 e. The molecule has 1 aromatic heterocycles. The molecule has 2 aromatic rings. The van der Waals surface area contributed by atoms with E-state index in [1.54, 1.807) is 6.92 Å². The van der Waals surface area contributed by atoms with Crippen LogP contribution in [-0.2, 0) is 0 Å². The standard InChI is InChI=1S/C11H9NO2/c1-8-12-11(13)7-10(14-8)9-5-3-2-4-6-9/h2-7H,1H3. The van der Waals surface area contributed by atoms with Gasteiger partial charge in [0.2, 0.25) is 0 Å². The Balaban J connectivity index is 2.58. The highest BCUT2D eigenvalue weighted by molar-refractivity contribution is 5.55. The largest absolute Gasteiger partial charge is 0.442 e. The average molecular weight is 187 g/mol. The highest BCUT2D eigenvalue weighted by Gasteiger charge is 2.01. The smallest absolute Gasteiger partial charge is 0.276 e. The molecule has 0 N–H and O–H groups in total. The highest BCUT2D eigenvalue weighted by Crippen LogP contribution is 2.16. The second-order valence-electron chi connectivity index (χ2n) is 2.95. The molecule has 1 heterocycles. The fourth-order valence-electron chi connectivity index (χ4n) is 1.26. The van der Waals surface area contributed by atoms with Crippen LogP contribution in [0.3, 0.4) is 0 Å². The number of aromatic nitrogens is 1. The SMILES string of the molecule is Cc1nc(=O)cc(-c2ccccc2)o1. The molecule has 70 valence electrons. The van der Waals surface area contributed by atoms with Crippen molar-refractivity contribution in [3.05, 3.63) is 52.6 Å². The monoisotopic (exact) mass is 187 g/mol. The fourth-order valence-corrected chi connectivity index (χ4v) is 1.26. The van der Waals surface area contributed by atoms with Gasteiger partial charge in [-0.15, -0.1) is 0 Å². The van der Waals surface area contributed by atoms with Crippen molar-refractivity contribution in [2.75, 3.05) is 0 Å². The summed E-state index contributed by atoms with van der Waals surface area (Å²) in [6.45, 7) is 1.66. The zero-order valence-corrected chi connectivity index (χ0v) is 7.73. The van der Waals surface area contributed by atoms with Crippen LogP contribution < -0.4 is 5.56 Å². The van der Waals surface area contributed by atoms with Gasteiger partial charge in [-0.3, -0.25) is 4.79 Å². The lowest BCUT2D eigenvalue weighted by molar-refractivity contribution is 0.501. The van der Waals surface area contributed by atoms with Crippen molar-refractivity contribution < 1.29 is 4.42 Å². The number of aryl methyl sites for hydroxylation is 1. The summed E-state index contributed by atoms with van der Waals surface area (Å²) in [4.78, 5) is 14.8. The van der Waals surface area contributed by atoms with Crippen LogP contribution in [0.2, 0.25) is 0 Å². The van der Waals surface area contributed by atoms with Crippen LogP contribution in [-0.4, -0.2) is 4.98 Å². The number of benzene rings is 1. The molecule has 0 amide bonds. The van der Waals surface area contributed by atoms with Crippen LogP contribution in [0, 0.1) is 6.92 Å². The van der Waals surface area contributed by atoms with Crippen molar-refractivity contribution in [2.24, 2.45) is 0 Å². The Kier molecular flexibility index (Phi) is 2.14. The Morgan fingerprint density at radius 1 is 1.21 bits per heavy atom. The van der Waals surface area contributed by atoms with Gasteiger partial charge in [-0.1, -0.05) is 30.3 Å². The van der Waals surface area contributed by atoms with E-state index in [1.807, 2.05) is 30.3 Å². The Morgan fingerprint density at radius 3 is 2.57 bits per heavy atom. The summed E-state index contributed by atoms with van der Waals surface area (Å²) in [7, 11) is 0. The summed E-state index contributed by atoms with van der Waals surface area (Å²) in [6.07, 6.45) is 0. The Bertz CT molecular complexity index is 488. The zero-order valence-electron chi connectivity index (χ0n) is 7.73.